The second kappa shape index (κ2) is 12.3. The van der Waals surface area contributed by atoms with Gasteiger partial charge in [-0.2, -0.15) is 0 Å². The second-order valence-corrected chi connectivity index (χ2v) is 9.20. The number of hydrogen-bond acceptors (Lipinski definition) is 5. The Morgan fingerprint density at radius 2 is 1.68 bits per heavy atom. The number of aliphatic hydroxyl groups excluding tert-OH is 1. The minimum Gasteiger partial charge on any atom is -0.390 e. The van der Waals surface area contributed by atoms with Crippen LogP contribution >= 0.6 is 23.2 Å². The molecular weight excluding hydrogens is 471 g/mol. The molecular formula is C27H28Cl2N2O3. The van der Waals surface area contributed by atoms with Crippen LogP contribution in [0, 0.1) is 0 Å². The fourth-order valence-corrected chi connectivity index (χ4v) is 4.42. The molecule has 0 amide bonds. The number of aliphatic hydroxyl groups is 1. The summed E-state index contributed by atoms with van der Waals surface area (Å²) in [6.45, 7) is 2.28. The first-order valence-corrected chi connectivity index (χ1v) is 12.1. The molecule has 3 aromatic carbocycles. The van der Waals surface area contributed by atoms with Crippen molar-refractivity contribution in [3.8, 4) is 0 Å². The highest BCUT2D eigenvalue weighted by Crippen LogP contribution is 2.24. The van der Waals surface area contributed by atoms with Gasteiger partial charge in [0, 0.05) is 41.7 Å². The van der Waals surface area contributed by atoms with Gasteiger partial charge in [0.1, 0.15) is 6.10 Å². The summed E-state index contributed by atoms with van der Waals surface area (Å²) >= 11 is 12.7. The maximum atomic E-state index is 10.7. The molecule has 0 unspecified atom stereocenters. The summed E-state index contributed by atoms with van der Waals surface area (Å²) in [6, 6.07) is 25.3. The second-order valence-electron chi connectivity index (χ2n) is 8.39. The summed E-state index contributed by atoms with van der Waals surface area (Å²) in [5.41, 5.74) is 3.79. The van der Waals surface area contributed by atoms with E-state index < -0.39 is 6.10 Å². The van der Waals surface area contributed by atoms with Crippen molar-refractivity contribution in [3.05, 3.63) is 106 Å². The van der Waals surface area contributed by atoms with E-state index in [-0.39, 0.29) is 12.7 Å². The lowest BCUT2D eigenvalue weighted by Gasteiger charge is -2.27. The number of rotatable bonds is 11. The zero-order valence-corrected chi connectivity index (χ0v) is 20.3. The summed E-state index contributed by atoms with van der Waals surface area (Å²) < 4.78 is 5.74. The van der Waals surface area contributed by atoms with E-state index in [9.17, 15) is 5.11 Å². The molecule has 178 valence electrons. The summed E-state index contributed by atoms with van der Waals surface area (Å²) in [6.07, 6.45) is -0.161. The standard InChI is InChI=1S/C27H28Cl2N2O3/c28-25-12-6-4-10-21(25)15-31(16-22(32)19-33-18-20-8-2-1-3-9-20)17-23-14-27(30-34-23)24-11-5-7-13-26(24)29/h1-13,22-23,32H,14-19H2/t22-,23+/m1/s1. The molecule has 0 fully saturated rings. The van der Waals surface area contributed by atoms with E-state index in [1.165, 1.54) is 0 Å². The molecule has 2 atom stereocenters. The SMILES string of the molecule is O[C@@H](COCc1ccccc1)CN(Cc1ccccc1Cl)C[C@@H]1CC(c2ccccc2Cl)=NO1. The van der Waals surface area contributed by atoms with E-state index >= 15 is 0 Å². The highest BCUT2D eigenvalue weighted by Gasteiger charge is 2.27. The van der Waals surface area contributed by atoms with Crippen LogP contribution in [0.3, 0.4) is 0 Å². The molecule has 4 rings (SSSR count). The lowest BCUT2D eigenvalue weighted by atomic mass is 10.0. The van der Waals surface area contributed by atoms with Crippen LogP contribution in [0.1, 0.15) is 23.1 Å². The molecule has 1 aliphatic heterocycles. The molecule has 0 saturated carbocycles. The van der Waals surface area contributed by atoms with Crippen LogP contribution < -0.4 is 0 Å². The van der Waals surface area contributed by atoms with Crippen molar-refractivity contribution in [1.29, 1.82) is 0 Å². The normalized spacial score (nSPS) is 16.4. The molecule has 1 N–H and O–H groups in total. The average Bonchev–Trinajstić information content (AvgIpc) is 3.29. The lowest BCUT2D eigenvalue weighted by Crippen LogP contribution is -2.39. The van der Waals surface area contributed by atoms with Gasteiger partial charge < -0.3 is 14.7 Å². The molecule has 1 heterocycles. The van der Waals surface area contributed by atoms with Gasteiger partial charge in [0.2, 0.25) is 0 Å². The highest BCUT2D eigenvalue weighted by molar-refractivity contribution is 6.34. The Morgan fingerprint density at radius 1 is 0.971 bits per heavy atom. The zero-order valence-electron chi connectivity index (χ0n) is 18.8. The quantitative estimate of drug-likeness (QED) is 0.375. The van der Waals surface area contributed by atoms with E-state index in [2.05, 4.69) is 10.1 Å². The van der Waals surface area contributed by atoms with Crippen LogP contribution in [0.2, 0.25) is 10.0 Å². The molecule has 34 heavy (non-hydrogen) atoms. The molecule has 0 saturated heterocycles. The van der Waals surface area contributed by atoms with Gasteiger partial charge in [-0.25, -0.2) is 0 Å². The number of nitrogens with zero attached hydrogens (tertiary/aromatic N) is 2. The zero-order chi connectivity index (χ0) is 23.8. The Hall–Kier alpha value is -2.41. The lowest BCUT2D eigenvalue weighted by molar-refractivity contribution is -0.00648. The van der Waals surface area contributed by atoms with E-state index in [4.69, 9.17) is 32.8 Å². The average molecular weight is 499 g/mol. The summed E-state index contributed by atoms with van der Waals surface area (Å²) in [5, 5.41) is 16.3. The Morgan fingerprint density at radius 3 is 2.44 bits per heavy atom. The van der Waals surface area contributed by atoms with Crippen LogP contribution in [0.25, 0.3) is 0 Å². The van der Waals surface area contributed by atoms with Gasteiger partial charge in [0.25, 0.3) is 0 Å². The molecule has 0 aliphatic carbocycles. The minimum absolute atomic E-state index is 0.147. The van der Waals surface area contributed by atoms with Gasteiger partial charge in [0.05, 0.1) is 25.0 Å². The van der Waals surface area contributed by atoms with Crippen LogP contribution in [0.15, 0.2) is 84.0 Å². The van der Waals surface area contributed by atoms with Crippen LogP contribution in [0.5, 0.6) is 0 Å². The predicted octanol–water partition coefficient (Wildman–Crippen LogP) is 5.57. The first-order chi connectivity index (χ1) is 16.6. The monoisotopic (exact) mass is 498 g/mol. The largest absolute Gasteiger partial charge is 0.390 e. The molecule has 7 heteroatoms. The predicted molar refractivity (Wildman–Crippen MR) is 136 cm³/mol. The van der Waals surface area contributed by atoms with Crippen molar-refractivity contribution >= 4 is 28.9 Å². The molecule has 5 nitrogen and oxygen atoms in total. The summed E-state index contributed by atoms with van der Waals surface area (Å²) in [5.74, 6) is 0. The Labute approximate surface area is 210 Å². The van der Waals surface area contributed by atoms with Crippen molar-refractivity contribution in [2.45, 2.75) is 31.8 Å². The smallest absolute Gasteiger partial charge is 0.145 e. The van der Waals surface area contributed by atoms with Gasteiger partial charge in [-0.15, -0.1) is 0 Å². The fraction of sp³-hybridized carbons (Fsp3) is 0.296. The minimum atomic E-state index is -0.656. The number of halogens is 2. The molecule has 0 radical (unpaired) electrons. The van der Waals surface area contributed by atoms with Crippen molar-refractivity contribution in [1.82, 2.24) is 4.90 Å². The topological polar surface area (TPSA) is 54.3 Å². The maximum Gasteiger partial charge on any atom is 0.145 e. The van der Waals surface area contributed by atoms with Crippen molar-refractivity contribution in [3.63, 3.8) is 0 Å². The van der Waals surface area contributed by atoms with Crippen LogP contribution in [-0.2, 0) is 22.7 Å². The van der Waals surface area contributed by atoms with Crippen LogP contribution in [0.4, 0.5) is 0 Å². The molecule has 0 aromatic heterocycles. The highest BCUT2D eigenvalue weighted by atomic mass is 35.5. The first-order valence-electron chi connectivity index (χ1n) is 11.3. The van der Waals surface area contributed by atoms with Crippen molar-refractivity contribution in [2.24, 2.45) is 5.16 Å². The van der Waals surface area contributed by atoms with Gasteiger partial charge in [0.15, 0.2) is 0 Å². The number of hydrogen-bond donors (Lipinski definition) is 1. The first kappa shape index (κ1) is 24.7. The van der Waals surface area contributed by atoms with Crippen molar-refractivity contribution in [2.75, 3.05) is 19.7 Å². The third-order valence-corrected chi connectivity index (χ3v) is 6.32. The Bertz CT molecular complexity index is 1090. The van der Waals surface area contributed by atoms with E-state index in [0.717, 1.165) is 22.4 Å². The third-order valence-electron chi connectivity index (χ3n) is 5.62. The van der Waals surface area contributed by atoms with Crippen LogP contribution in [-0.4, -0.2) is 47.6 Å². The van der Waals surface area contributed by atoms with E-state index in [1.807, 2.05) is 78.9 Å². The van der Waals surface area contributed by atoms with Gasteiger partial charge in [-0.1, -0.05) is 95.1 Å². The van der Waals surface area contributed by atoms with E-state index in [0.29, 0.717) is 42.7 Å². The van der Waals surface area contributed by atoms with Crippen molar-refractivity contribution < 1.29 is 14.7 Å². The van der Waals surface area contributed by atoms with Gasteiger partial charge in [-0.3, -0.25) is 4.90 Å². The Kier molecular flexibility index (Phi) is 8.97. The van der Waals surface area contributed by atoms with Gasteiger partial charge >= 0.3 is 0 Å². The Balaban J connectivity index is 1.36. The molecule has 1 aliphatic rings. The number of ether oxygens (including phenoxy) is 1. The number of oxime groups is 1. The molecule has 0 spiro atoms. The maximum absolute atomic E-state index is 10.7. The third kappa shape index (κ3) is 7.05. The number of benzene rings is 3. The van der Waals surface area contributed by atoms with E-state index in [1.54, 1.807) is 0 Å². The molecule has 3 aromatic rings. The summed E-state index contributed by atoms with van der Waals surface area (Å²) in [4.78, 5) is 7.87. The fourth-order valence-electron chi connectivity index (χ4n) is 3.98. The summed E-state index contributed by atoms with van der Waals surface area (Å²) in [7, 11) is 0. The molecule has 0 bridgehead atoms. The van der Waals surface area contributed by atoms with Gasteiger partial charge in [-0.05, 0) is 23.3 Å².